The first-order valence-corrected chi connectivity index (χ1v) is 7.35. The van der Waals surface area contributed by atoms with Gasteiger partial charge >= 0.3 is 0 Å². The van der Waals surface area contributed by atoms with Gasteiger partial charge in [-0.3, -0.25) is 0 Å². The molecule has 98 valence electrons. The molecule has 0 unspecified atom stereocenters. The molecular weight excluding hydrogens is 465 g/mol. The molecular formula is C11H17ClI2N2O. The van der Waals surface area contributed by atoms with Crippen LogP contribution in [0.25, 0.3) is 0 Å². The van der Waals surface area contributed by atoms with Gasteiger partial charge in [-0.25, -0.2) is 0 Å². The number of rotatable bonds is 5. The van der Waals surface area contributed by atoms with Crippen molar-refractivity contribution >= 4 is 57.6 Å². The van der Waals surface area contributed by atoms with E-state index in [1.807, 2.05) is 12.1 Å². The molecule has 1 rings (SSSR count). The minimum absolute atomic E-state index is 0. The second kappa shape index (κ2) is 8.73. The van der Waals surface area contributed by atoms with Crippen molar-refractivity contribution in [2.45, 2.75) is 25.3 Å². The normalized spacial score (nSPS) is 12.0. The smallest absolute Gasteiger partial charge is 0.133 e. The van der Waals surface area contributed by atoms with Crippen LogP contribution >= 0.6 is 57.6 Å². The molecule has 0 aliphatic carbocycles. The Kier molecular flexibility index (Phi) is 9.09. The molecule has 0 radical (unpaired) electrons. The molecule has 1 atom stereocenters. The number of hydrogen-bond acceptors (Lipinski definition) is 3. The molecule has 0 aliphatic heterocycles. The van der Waals surface area contributed by atoms with E-state index >= 15 is 0 Å². The fourth-order valence-electron chi connectivity index (χ4n) is 1.53. The van der Waals surface area contributed by atoms with Gasteiger partial charge in [-0.2, -0.15) is 0 Å². The first-order valence-electron chi connectivity index (χ1n) is 5.19. The average molecular weight is 483 g/mol. The summed E-state index contributed by atoms with van der Waals surface area (Å²) in [6.07, 6.45) is 2.84. The number of hydrogen-bond donors (Lipinski definition) is 3. The summed E-state index contributed by atoms with van der Waals surface area (Å²) < 4.78 is 1.96. The van der Waals surface area contributed by atoms with Crippen molar-refractivity contribution in [3.8, 4) is 5.75 Å². The lowest BCUT2D eigenvalue weighted by molar-refractivity contribution is 0.452. The predicted octanol–water partition coefficient (Wildman–Crippen LogP) is 3.15. The fraction of sp³-hybridized carbons (Fsp3) is 0.455. The van der Waals surface area contributed by atoms with Gasteiger partial charge in [0.15, 0.2) is 0 Å². The van der Waals surface area contributed by atoms with Gasteiger partial charge in [-0.1, -0.05) is 6.42 Å². The highest BCUT2D eigenvalue weighted by Crippen LogP contribution is 2.32. The van der Waals surface area contributed by atoms with E-state index in [4.69, 9.17) is 11.5 Å². The maximum Gasteiger partial charge on any atom is 0.133 e. The maximum atomic E-state index is 9.93. The standard InChI is InChI=1S/C11H16I2N2O.ClH/c12-7-5-8(11(16)9(13)6-7)10(15)3-1-2-4-14;/h5-6,10,16H,1-4,14-15H2;1H/t10-;/m0./s1. The third kappa shape index (κ3) is 5.46. The summed E-state index contributed by atoms with van der Waals surface area (Å²) >= 11 is 4.36. The Hall–Kier alpha value is 0.690. The summed E-state index contributed by atoms with van der Waals surface area (Å²) in [6, 6.07) is 3.78. The lowest BCUT2D eigenvalue weighted by Gasteiger charge is -2.15. The van der Waals surface area contributed by atoms with E-state index in [-0.39, 0.29) is 18.4 Å². The average Bonchev–Trinajstić information content (AvgIpc) is 2.23. The molecule has 1 aromatic rings. The topological polar surface area (TPSA) is 72.3 Å². The first-order chi connectivity index (χ1) is 7.56. The third-order valence-corrected chi connectivity index (χ3v) is 3.87. The molecule has 3 nitrogen and oxygen atoms in total. The quantitative estimate of drug-likeness (QED) is 0.446. The number of unbranched alkanes of at least 4 members (excludes halogenated alkanes) is 1. The predicted molar refractivity (Wildman–Crippen MR) is 90.6 cm³/mol. The molecule has 6 heteroatoms. The van der Waals surface area contributed by atoms with Crippen LogP contribution in [0.1, 0.15) is 30.9 Å². The van der Waals surface area contributed by atoms with Crippen molar-refractivity contribution in [2.75, 3.05) is 6.54 Å². The van der Waals surface area contributed by atoms with Crippen LogP contribution in [-0.2, 0) is 0 Å². The third-order valence-electron chi connectivity index (χ3n) is 2.43. The zero-order valence-corrected chi connectivity index (χ0v) is 14.5. The van der Waals surface area contributed by atoms with E-state index in [1.54, 1.807) is 0 Å². The van der Waals surface area contributed by atoms with Crippen molar-refractivity contribution in [1.82, 2.24) is 0 Å². The Morgan fingerprint density at radius 1 is 1.24 bits per heavy atom. The van der Waals surface area contributed by atoms with Gasteiger partial charge in [0.2, 0.25) is 0 Å². The molecule has 0 bridgehead atoms. The van der Waals surface area contributed by atoms with Gasteiger partial charge < -0.3 is 16.6 Å². The van der Waals surface area contributed by atoms with E-state index in [9.17, 15) is 5.11 Å². The number of phenolic OH excluding ortho intramolecular Hbond substituents is 1. The Morgan fingerprint density at radius 3 is 2.47 bits per heavy atom. The monoisotopic (exact) mass is 482 g/mol. The van der Waals surface area contributed by atoms with Crippen LogP contribution in [0.15, 0.2) is 12.1 Å². The highest BCUT2D eigenvalue weighted by atomic mass is 127. The van der Waals surface area contributed by atoms with Gasteiger partial charge in [0.1, 0.15) is 5.75 Å². The minimum Gasteiger partial charge on any atom is -0.506 e. The van der Waals surface area contributed by atoms with Gasteiger partial charge in [0.25, 0.3) is 0 Å². The molecule has 0 saturated heterocycles. The van der Waals surface area contributed by atoms with Gasteiger partial charge in [0, 0.05) is 15.2 Å². The van der Waals surface area contributed by atoms with E-state index in [1.165, 1.54) is 0 Å². The molecule has 0 heterocycles. The summed E-state index contributed by atoms with van der Waals surface area (Å²) in [5, 5.41) is 9.93. The number of phenols is 1. The molecule has 0 aliphatic rings. The number of benzene rings is 1. The van der Waals surface area contributed by atoms with Crippen LogP contribution < -0.4 is 11.5 Å². The molecule has 1 aromatic carbocycles. The zero-order valence-electron chi connectivity index (χ0n) is 9.33. The first kappa shape index (κ1) is 17.7. The zero-order chi connectivity index (χ0) is 12.1. The van der Waals surface area contributed by atoms with Crippen molar-refractivity contribution in [1.29, 1.82) is 0 Å². The molecule has 0 fully saturated rings. The van der Waals surface area contributed by atoms with Crippen LogP contribution in [0.4, 0.5) is 0 Å². The van der Waals surface area contributed by atoms with Crippen LogP contribution in [0.2, 0.25) is 0 Å². The van der Waals surface area contributed by atoms with Gasteiger partial charge in [-0.15, -0.1) is 12.4 Å². The number of aromatic hydroxyl groups is 1. The minimum atomic E-state index is -0.102. The highest BCUT2D eigenvalue weighted by molar-refractivity contribution is 14.1. The van der Waals surface area contributed by atoms with Crippen molar-refractivity contribution in [3.05, 3.63) is 24.8 Å². The lowest BCUT2D eigenvalue weighted by Crippen LogP contribution is -2.12. The summed E-state index contributed by atoms with van der Waals surface area (Å²) in [5.74, 6) is 0.321. The van der Waals surface area contributed by atoms with Crippen LogP contribution in [-0.4, -0.2) is 11.7 Å². The molecule has 17 heavy (non-hydrogen) atoms. The largest absolute Gasteiger partial charge is 0.506 e. The summed E-state index contributed by atoms with van der Waals surface area (Å²) in [5.41, 5.74) is 12.3. The number of halogens is 3. The maximum absolute atomic E-state index is 9.93. The lowest BCUT2D eigenvalue weighted by atomic mass is 10.0. The van der Waals surface area contributed by atoms with Gasteiger partial charge in [0.05, 0.1) is 3.57 Å². The van der Waals surface area contributed by atoms with Crippen LogP contribution in [0.5, 0.6) is 5.75 Å². The molecule has 0 spiro atoms. The Bertz CT molecular complexity index is 364. The molecule has 0 amide bonds. The summed E-state index contributed by atoms with van der Waals surface area (Å²) in [4.78, 5) is 0. The van der Waals surface area contributed by atoms with Crippen molar-refractivity contribution in [3.63, 3.8) is 0 Å². The molecule has 0 aromatic heterocycles. The Balaban J connectivity index is 0.00000256. The summed E-state index contributed by atoms with van der Waals surface area (Å²) in [7, 11) is 0. The van der Waals surface area contributed by atoms with E-state index in [0.29, 0.717) is 12.3 Å². The molecule has 5 N–H and O–H groups in total. The van der Waals surface area contributed by atoms with E-state index in [0.717, 1.165) is 32.0 Å². The fourth-order valence-corrected chi connectivity index (χ4v) is 3.42. The second-order valence-electron chi connectivity index (χ2n) is 3.72. The Labute approximate surface area is 135 Å². The van der Waals surface area contributed by atoms with Gasteiger partial charge in [-0.05, 0) is 76.7 Å². The van der Waals surface area contributed by atoms with Crippen molar-refractivity contribution in [2.24, 2.45) is 11.5 Å². The molecule has 0 saturated carbocycles. The van der Waals surface area contributed by atoms with E-state index in [2.05, 4.69) is 45.2 Å². The number of nitrogens with two attached hydrogens (primary N) is 2. The van der Waals surface area contributed by atoms with Crippen LogP contribution in [0.3, 0.4) is 0 Å². The SMILES string of the molecule is Cl.NCCCC[C@H](N)c1cc(I)cc(I)c1O. The van der Waals surface area contributed by atoms with E-state index < -0.39 is 0 Å². The Morgan fingerprint density at radius 2 is 1.88 bits per heavy atom. The highest BCUT2D eigenvalue weighted by Gasteiger charge is 2.13. The summed E-state index contributed by atoms with van der Waals surface area (Å²) in [6.45, 7) is 0.697. The van der Waals surface area contributed by atoms with Crippen LogP contribution in [0, 0.1) is 7.14 Å². The van der Waals surface area contributed by atoms with Crippen molar-refractivity contribution < 1.29 is 5.11 Å². The second-order valence-corrected chi connectivity index (χ2v) is 6.12.